The maximum atomic E-state index is 12.1. The predicted molar refractivity (Wildman–Crippen MR) is 110 cm³/mol. The van der Waals surface area contributed by atoms with E-state index in [1.807, 2.05) is 24.3 Å². The van der Waals surface area contributed by atoms with Gasteiger partial charge in [0.05, 0.1) is 27.4 Å². The minimum absolute atomic E-state index is 0.105. The monoisotopic (exact) mass is 401 g/mol. The van der Waals surface area contributed by atoms with Gasteiger partial charge in [0.15, 0.2) is 5.78 Å². The molecule has 0 aliphatic carbocycles. The summed E-state index contributed by atoms with van der Waals surface area (Å²) in [5.41, 5.74) is 1.53. The second-order valence-electron chi connectivity index (χ2n) is 7.08. The first kappa shape index (κ1) is 20.8. The molecule has 7 heteroatoms. The van der Waals surface area contributed by atoms with Crippen molar-refractivity contribution in [3.05, 3.63) is 41.5 Å². The van der Waals surface area contributed by atoms with Crippen molar-refractivity contribution in [1.82, 2.24) is 0 Å². The lowest BCUT2D eigenvalue weighted by atomic mass is 9.84. The molecule has 2 atom stereocenters. The lowest BCUT2D eigenvalue weighted by Crippen LogP contribution is -2.43. The van der Waals surface area contributed by atoms with E-state index in [0.29, 0.717) is 30.8 Å². The summed E-state index contributed by atoms with van der Waals surface area (Å²) >= 11 is 0. The maximum Gasteiger partial charge on any atom is 0.167 e. The molecular weight excluding hydrogens is 374 g/mol. The standard InChI is InChI=1S/C22H27NO6/c1-13(24)20-18(28-3)11-19(29-4)21(22(20)26)16-9-10-23(12-17(16)25)14-5-7-15(27-2)8-6-14/h5-8,11,16-17,25-26H,9-10,12H2,1-4H3/t16-,17+/m0/s1. The number of carbonyl (C=O) groups is 1. The number of carbonyl (C=O) groups excluding carboxylic acids is 1. The Balaban J connectivity index is 1.91. The second-order valence-corrected chi connectivity index (χ2v) is 7.08. The molecule has 1 saturated heterocycles. The topological polar surface area (TPSA) is 88.5 Å². The first-order valence-electron chi connectivity index (χ1n) is 9.47. The highest BCUT2D eigenvalue weighted by molar-refractivity contribution is 6.00. The maximum absolute atomic E-state index is 12.1. The molecule has 1 aliphatic rings. The lowest BCUT2D eigenvalue weighted by molar-refractivity contribution is 0.100. The largest absolute Gasteiger partial charge is 0.507 e. The summed E-state index contributed by atoms with van der Waals surface area (Å²) in [6.07, 6.45) is -0.167. The van der Waals surface area contributed by atoms with Crippen molar-refractivity contribution in [3.8, 4) is 23.0 Å². The molecule has 156 valence electrons. The Kier molecular flexibility index (Phi) is 6.17. The molecule has 0 saturated carbocycles. The van der Waals surface area contributed by atoms with E-state index in [-0.39, 0.29) is 28.8 Å². The van der Waals surface area contributed by atoms with Gasteiger partial charge in [0.1, 0.15) is 28.6 Å². The number of aliphatic hydroxyl groups is 1. The van der Waals surface area contributed by atoms with Gasteiger partial charge in [-0.3, -0.25) is 4.79 Å². The number of anilines is 1. The Morgan fingerprint density at radius 3 is 2.24 bits per heavy atom. The van der Waals surface area contributed by atoms with Crippen molar-refractivity contribution in [2.45, 2.75) is 25.4 Å². The molecule has 0 amide bonds. The van der Waals surface area contributed by atoms with Gasteiger partial charge in [-0.1, -0.05) is 0 Å². The van der Waals surface area contributed by atoms with Crippen molar-refractivity contribution in [2.75, 3.05) is 39.3 Å². The number of aliphatic hydroxyl groups excluding tert-OH is 1. The number of phenolic OH excluding ortho intramolecular Hbond substituents is 1. The van der Waals surface area contributed by atoms with E-state index < -0.39 is 6.10 Å². The molecule has 1 heterocycles. The van der Waals surface area contributed by atoms with E-state index in [1.54, 1.807) is 13.2 Å². The normalized spacial score (nSPS) is 19.0. The van der Waals surface area contributed by atoms with Gasteiger partial charge in [-0.05, 0) is 37.6 Å². The van der Waals surface area contributed by atoms with E-state index in [0.717, 1.165) is 11.4 Å². The number of β-amino-alcohol motifs (C(OH)–C–C–N with tert-alkyl or cyclic N) is 1. The Bertz CT molecular complexity index is 880. The number of nitrogens with zero attached hydrogens (tertiary/aromatic N) is 1. The number of benzene rings is 2. The summed E-state index contributed by atoms with van der Waals surface area (Å²) in [5.74, 6) is 0.549. The highest BCUT2D eigenvalue weighted by Gasteiger charge is 2.35. The van der Waals surface area contributed by atoms with Crippen LogP contribution in [-0.2, 0) is 0 Å². The van der Waals surface area contributed by atoms with Gasteiger partial charge in [-0.15, -0.1) is 0 Å². The Morgan fingerprint density at radius 1 is 1.07 bits per heavy atom. The molecule has 1 fully saturated rings. The molecule has 2 aromatic carbocycles. The summed E-state index contributed by atoms with van der Waals surface area (Å²) in [5, 5.41) is 21.8. The Morgan fingerprint density at radius 2 is 1.72 bits per heavy atom. The van der Waals surface area contributed by atoms with Crippen LogP contribution in [0, 0.1) is 0 Å². The van der Waals surface area contributed by atoms with Crippen molar-refractivity contribution >= 4 is 11.5 Å². The van der Waals surface area contributed by atoms with Gasteiger partial charge in [-0.25, -0.2) is 0 Å². The van der Waals surface area contributed by atoms with Crippen molar-refractivity contribution in [1.29, 1.82) is 0 Å². The molecule has 2 N–H and O–H groups in total. The van der Waals surface area contributed by atoms with Crippen LogP contribution in [0.5, 0.6) is 23.0 Å². The fourth-order valence-corrected chi connectivity index (χ4v) is 3.96. The SMILES string of the molecule is COc1ccc(N2CC[C@H](c3c(OC)cc(OC)c(C(C)=O)c3O)[C@H](O)C2)cc1. The molecule has 3 rings (SSSR count). The molecule has 0 aromatic heterocycles. The van der Waals surface area contributed by atoms with E-state index in [4.69, 9.17) is 14.2 Å². The fraction of sp³-hybridized carbons (Fsp3) is 0.409. The molecule has 7 nitrogen and oxygen atoms in total. The van der Waals surface area contributed by atoms with Crippen molar-refractivity contribution in [2.24, 2.45) is 0 Å². The summed E-state index contributed by atoms with van der Waals surface area (Å²) in [6, 6.07) is 9.25. The molecule has 0 spiro atoms. The first-order chi connectivity index (χ1) is 13.9. The van der Waals surface area contributed by atoms with Crippen LogP contribution in [-0.4, -0.2) is 56.5 Å². The van der Waals surface area contributed by atoms with Crippen LogP contribution >= 0.6 is 0 Å². The van der Waals surface area contributed by atoms with Crippen molar-refractivity contribution < 1.29 is 29.2 Å². The van der Waals surface area contributed by atoms with Gasteiger partial charge in [0.25, 0.3) is 0 Å². The minimum Gasteiger partial charge on any atom is -0.507 e. The lowest BCUT2D eigenvalue weighted by Gasteiger charge is -2.38. The van der Waals surface area contributed by atoms with Crippen LogP contribution in [0.4, 0.5) is 5.69 Å². The van der Waals surface area contributed by atoms with E-state index >= 15 is 0 Å². The molecule has 0 unspecified atom stereocenters. The average Bonchev–Trinajstić information content (AvgIpc) is 2.73. The third-order valence-corrected chi connectivity index (χ3v) is 5.45. The van der Waals surface area contributed by atoms with E-state index in [9.17, 15) is 15.0 Å². The number of phenols is 1. The minimum atomic E-state index is -0.751. The van der Waals surface area contributed by atoms with Crippen LogP contribution in [0.2, 0.25) is 0 Å². The van der Waals surface area contributed by atoms with Crippen LogP contribution in [0.3, 0.4) is 0 Å². The summed E-state index contributed by atoms with van der Waals surface area (Å²) < 4.78 is 15.9. The van der Waals surface area contributed by atoms with Crippen LogP contribution in [0.1, 0.15) is 35.2 Å². The number of rotatable bonds is 6. The molecule has 1 aliphatic heterocycles. The number of hydrogen-bond acceptors (Lipinski definition) is 7. The summed E-state index contributed by atoms with van der Waals surface area (Å²) in [4.78, 5) is 14.2. The number of ether oxygens (including phenoxy) is 3. The highest BCUT2D eigenvalue weighted by atomic mass is 16.5. The smallest absolute Gasteiger partial charge is 0.167 e. The number of methoxy groups -OCH3 is 3. The van der Waals surface area contributed by atoms with Gasteiger partial charge in [0.2, 0.25) is 0 Å². The van der Waals surface area contributed by atoms with Gasteiger partial charge in [-0.2, -0.15) is 0 Å². The van der Waals surface area contributed by atoms with Crippen LogP contribution < -0.4 is 19.1 Å². The number of aromatic hydroxyl groups is 1. The zero-order valence-corrected chi connectivity index (χ0v) is 17.1. The van der Waals surface area contributed by atoms with Gasteiger partial charge < -0.3 is 29.3 Å². The predicted octanol–water partition coefficient (Wildman–Crippen LogP) is 2.98. The van der Waals surface area contributed by atoms with Gasteiger partial charge in [0, 0.05) is 36.3 Å². The Hall–Kier alpha value is -2.93. The number of ketones is 1. The summed E-state index contributed by atoms with van der Waals surface area (Å²) in [6.45, 7) is 2.44. The van der Waals surface area contributed by atoms with Crippen molar-refractivity contribution in [3.63, 3.8) is 0 Å². The quantitative estimate of drug-likeness (QED) is 0.720. The second kappa shape index (κ2) is 8.61. The Labute approximate surface area is 170 Å². The van der Waals surface area contributed by atoms with E-state index in [2.05, 4.69) is 4.90 Å². The number of piperidine rings is 1. The number of Topliss-reactive ketones (excluding diaryl/α,β-unsaturated/α-hetero) is 1. The molecule has 2 aromatic rings. The third kappa shape index (κ3) is 3.96. The molecule has 0 bridgehead atoms. The molecular formula is C22H27NO6. The van der Waals surface area contributed by atoms with Crippen LogP contribution in [0.15, 0.2) is 30.3 Å². The van der Waals surface area contributed by atoms with Gasteiger partial charge >= 0.3 is 0 Å². The molecule has 0 radical (unpaired) electrons. The summed E-state index contributed by atoms with van der Waals surface area (Å²) in [7, 11) is 4.54. The fourth-order valence-electron chi connectivity index (χ4n) is 3.96. The number of hydrogen-bond donors (Lipinski definition) is 2. The van der Waals surface area contributed by atoms with Crippen LogP contribution in [0.25, 0.3) is 0 Å². The zero-order valence-electron chi connectivity index (χ0n) is 17.1. The zero-order chi connectivity index (χ0) is 21.1. The average molecular weight is 401 g/mol. The third-order valence-electron chi connectivity index (χ3n) is 5.45. The molecule has 29 heavy (non-hydrogen) atoms. The first-order valence-corrected chi connectivity index (χ1v) is 9.47. The van der Waals surface area contributed by atoms with E-state index in [1.165, 1.54) is 21.1 Å². The highest BCUT2D eigenvalue weighted by Crippen LogP contribution is 2.46.